The molecule has 0 radical (unpaired) electrons. The first-order chi connectivity index (χ1) is 15.2. The molecule has 8 nitrogen and oxygen atoms in total. The quantitative estimate of drug-likeness (QED) is 0.540. The van der Waals surface area contributed by atoms with Crippen molar-refractivity contribution in [2.45, 2.75) is 25.4 Å². The van der Waals surface area contributed by atoms with Gasteiger partial charge in [0.1, 0.15) is 0 Å². The van der Waals surface area contributed by atoms with E-state index in [1.165, 1.54) is 6.20 Å². The average molecular weight is 419 g/mol. The van der Waals surface area contributed by atoms with E-state index in [1.807, 2.05) is 35.0 Å². The van der Waals surface area contributed by atoms with Crippen LogP contribution in [0.25, 0.3) is 0 Å². The van der Waals surface area contributed by atoms with Gasteiger partial charge in [0.2, 0.25) is 0 Å². The number of pyridine rings is 1. The summed E-state index contributed by atoms with van der Waals surface area (Å²) in [5.41, 5.74) is 2.74. The van der Waals surface area contributed by atoms with Crippen molar-refractivity contribution in [1.82, 2.24) is 25.4 Å². The first-order valence-electron chi connectivity index (χ1n) is 10.3. The normalized spacial score (nSPS) is 16.2. The SMILES string of the molecule is O=C(NC[C@H]1CCn2ncc(C(=O)N[C@@H](CO)c3ccccc3)c2C1)c1cccnc1. The van der Waals surface area contributed by atoms with Gasteiger partial charge in [0, 0.05) is 25.5 Å². The molecule has 0 aliphatic carbocycles. The van der Waals surface area contributed by atoms with Gasteiger partial charge in [0.05, 0.1) is 35.7 Å². The second kappa shape index (κ2) is 9.53. The Balaban J connectivity index is 1.40. The standard InChI is InChI=1S/C23H25N5O3/c29-15-20(17-5-2-1-3-6-17)27-23(31)19-14-26-28-10-8-16(11-21(19)28)12-25-22(30)18-7-4-9-24-13-18/h1-7,9,13-14,16,20,29H,8,10-12,15H2,(H,25,30)(H,27,31)/t16-,20-/m0/s1. The van der Waals surface area contributed by atoms with E-state index in [0.717, 1.165) is 17.7 Å². The van der Waals surface area contributed by atoms with Crippen LogP contribution >= 0.6 is 0 Å². The van der Waals surface area contributed by atoms with Gasteiger partial charge >= 0.3 is 0 Å². The van der Waals surface area contributed by atoms with Crippen molar-refractivity contribution < 1.29 is 14.7 Å². The molecule has 2 atom stereocenters. The lowest BCUT2D eigenvalue weighted by Gasteiger charge is -2.24. The Morgan fingerprint density at radius 3 is 2.71 bits per heavy atom. The molecule has 4 rings (SSSR count). The van der Waals surface area contributed by atoms with Crippen LogP contribution < -0.4 is 10.6 Å². The van der Waals surface area contributed by atoms with E-state index in [-0.39, 0.29) is 24.3 Å². The van der Waals surface area contributed by atoms with E-state index in [9.17, 15) is 14.7 Å². The summed E-state index contributed by atoms with van der Waals surface area (Å²) in [5, 5.41) is 20.0. The van der Waals surface area contributed by atoms with Crippen molar-refractivity contribution in [3.8, 4) is 0 Å². The summed E-state index contributed by atoms with van der Waals surface area (Å²) in [4.78, 5) is 29.2. The van der Waals surface area contributed by atoms with Gasteiger partial charge in [-0.2, -0.15) is 5.10 Å². The Labute approximate surface area is 180 Å². The fourth-order valence-electron chi connectivity index (χ4n) is 3.85. The number of aryl methyl sites for hydroxylation is 1. The highest BCUT2D eigenvalue weighted by Gasteiger charge is 2.26. The number of aliphatic hydroxyl groups excluding tert-OH is 1. The van der Waals surface area contributed by atoms with E-state index in [4.69, 9.17) is 0 Å². The molecule has 31 heavy (non-hydrogen) atoms. The van der Waals surface area contributed by atoms with E-state index in [0.29, 0.717) is 30.6 Å². The molecule has 8 heteroatoms. The number of benzene rings is 1. The van der Waals surface area contributed by atoms with Gasteiger partial charge in [0.25, 0.3) is 11.8 Å². The maximum atomic E-state index is 12.9. The molecule has 0 fully saturated rings. The maximum Gasteiger partial charge on any atom is 0.255 e. The van der Waals surface area contributed by atoms with Gasteiger partial charge in [0.15, 0.2) is 0 Å². The molecule has 1 aromatic carbocycles. The van der Waals surface area contributed by atoms with Gasteiger partial charge in [-0.1, -0.05) is 30.3 Å². The smallest absolute Gasteiger partial charge is 0.255 e. The summed E-state index contributed by atoms with van der Waals surface area (Å²) in [6, 6.07) is 12.3. The molecule has 0 spiro atoms. The third kappa shape index (κ3) is 4.80. The molecule has 2 aromatic heterocycles. The Hall–Kier alpha value is -3.52. The minimum absolute atomic E-state index is 0.154. The van der Waals surface area contributed by atoms with Crippen LogP contribution in [-0.4, -0.2) is 44.8 Å². The summed E-state index contributed by atoms with van der Waals surface area (Å²) >= 11 is 0. The molecule has 1 aliphatic rings. The molecule has 0 bridgehead atoms. The highest BCUT2D eigenvalue weighted by atomic mass is 16.3. The number of hydrogen-bond donors (Lipinski definition) is 3. The fourth-order valence-corrected chi connectivity index (χ4v) is 3.85. The second-order valence-corrected chi connectivity index (χ2v) is 7.66. The van der Waals surface area contributed by atoms with Crippen LogP contribution in [0.15, 0.2) is 61.1 Å². The molecule has 1 aliphatic heterocycles. The van der Waals surface area contributed by atoms with E-state index in [1.54, 1.807) is 24.5 Å². The number of nitrogens with one attached hydrogen (secondary N) is 2. The summed E-state index contributed by atoms with van der Waals surface area (Å²) in [5.74, 6) is -0.206. The van der Waals surface area contributed by atoms with Crippen molar-refractivity contribution in [2.24, 2.45) is 5.92 Å². The third-order valence-corrected chi connectivity index (χ3v) is 5.59. The van der Waals surface area contributed by atoms with Gasteiger partial charge in [-0.3, -0.25) is 19.3 Å². The summed E-state index contributed by atoms with van der Waals surface area (Å²) in [6.07, 6.45) is 6.26. The van der Waals surface area contributed by atoms with Crippen molar-refractivity contribution in [3.05, 3.63) is 83.4 Å². The van der Waals surface area contributed by atoms with Crippen molar-refractivity contribution in [2.75, 3.05) is 13.2 Å². The zero-order valence-electron chi connectivity index (χ0n) is 17.1. The van der Waals surface area contributed by atoms with Crippen LogP contribution in [0.2, 0.25) is 0 Å². The Morgan fingerprint density at radius 1 is 1.13 bits per heavy atom. The lowest BCUT2D eigenvalue weighted by atomic mass is 9.94. The fraction of sp³-hybridized carbons (Fsp3) is 0.304. The monoisotopic (exact) mass is 419 g/mol. The van der Waals surface area contributed by atoms with Gasteiger partial charge in [-0.05, 0) is 36.5 Å². The van der Waals surface area contributed by atoms with Crippen LogP contribution in [0.5, 0.6) is 0 Å². The number of nitrogens with zero attached hydrogens (tertiary/aromatic N) is 3. The molecule has 0 unspecified atom stereocenters. The first-order valence-corrected chi connectivity index (χ1v) is 10.3. The lowest BCUT2D eigenvalue weighted by molar-refractivity contribution is 0.0910. The molecule has 3 aromatic rings. The van der Waals surface area contributed by atoms with E-state index in [2.05, 4.69) is 20.7 Å². The van der Waals surface area contributed by atoms with Crippen LogP contribution in [0, 0.1) is 5.92 Å². The number of hydrogen-bond acceptors (Lipinski definition) is 5. The average Bonchev–Trinajstić information content (AvgIpc) is 3.25. The number of aliphatic hydroxyl groups is 1. The molecule has 0 saturated carbocycles. The summed E-state index contributed by atoms with van der Waals surface area (Å²) in [6.45, 7) is 1.02. The van der Waals surface area contributed by atoms with Gasteiger partial charge in [-0.15, -0.1) is 0 Å². The van der Waals surface area contributed by atoms with Gasteiger partial charge < -0.3 is 15.7 Å². The third-order valence-electron chi connectivity index (χ3n) is 5.59. The highest BCUT2D eigenvalue weighted by molar-refractivity contribution is 5.95. The number of amides is 2. The molecule has 2 amide bonds. The van der Waals surface area contributed by atoms with Crippen molar-refractivity contribution in [3.63, 3.8) is 0 Å². The maximum absolute atomic E-state index is 12.9. The van der Waals surface area contributed by atoms with E-state index >= 15 is 0 Å². The molecular weight excluding hydrogens is 394 g/mol. The van der Waals surface area contributed by atoms with Crippen LogP contribution in [0.1, 0.15) is 44.4 Å². The first kappa shape index (κ1) is 20.7. The lowest BCUT2D eigenvalue weighted by Crippen LogP contribution is -2.35. The number of fused-ring (bicyclic) bond motifs is 1. The van der Waals surface area contributed by atoms with E-state index < -0.39 is 6.04 Å². The summed E-state index contributed by atoms with van der Waals surface area (Å²) < 4.78 is 1.85. The topological polar surface area (TPSA) is 109 Å². The van der Waals surface area contributed by atoms with Gasteiger partial charge in [-0.25, -0.2) is 0 Å². The molecule has 3 heterocycles. The predicted octanol–water partition coefficient (Wildman–Crippen LogP) is 1.73. The largest absolute Gasteiger partial charge is 0.394 e. The number of carbonyl (C=O) groups is 2. The van der Waals surface area contributed by atoms with Crippen LogP contribution in [-0.2, 0) is 13.0 Å². The minimum Gasteiger partial charge on any atom is -0.394 e. The number of rotatable bonds is 7. The molecular formula is C23H25N5O3. The minimum atomic E-state index is -0.484. The molecule has 160 valence electrons. The summed E-state index contributed by atoms with van der Waals surface area (Å²) in [7, 11) is 0. The second-order valence-electron chi connectivity index (χ2n) is 7.66. The molecule has 3 N–H and O–H groups in total. The highest BCUT2D eigenvalue weighted by Crippen LogP contribution is 2.23. The Bertz CT molecular complexity index is 1040. The van der Waals surface area contributed by atoms with Crippen molar-refractivity contribution >= 4 is 11.8 Å². The Morgan fingerprint density at radius 2 is 1.97 bits per heavy atom. The molecule has 0 saturated heterocycles. The number of carbonyl (C=O) groups excluding carboxylic acids is 2. The van der Waals surface area contributed by atoms with Crippen LogP contribution in [0.4, 0.5) is 0 Å². The Kier molecular flexibility index (Phi) is 6.37. The predicted molar refractivity (Wildman–Crippen MR) is 114 cm³/mol. The zero-order valence-corrected chi connectivity index (χ0v) is 17.1. The number of aromatic nitrogens is 3. The van der Waals surface area contributed by atoms with Crippen molar-refractivity contribution in [1.29, 1.82) is 0 Å². The van der Waals surface area contributed by atoms with Crippen LogP contribution in [0.3, 0.4) is 0 Å². The zero-order chi connectivity index (χ0) is 21.6.